The summed E-state index contributed by atoms with van der Waals surface area (Å²) in [6, 6.07) is 4.50. The second kappa shape index (κ2) is 5.50. The van der Waals surface area contributed by atoms with Crippen molar-refractivity contribution in [2.24, 2.45) is 0 Å². The molecule has 98 valence electrons. The van der Waals surface area contributed by atoms with Crippen molar-refractivity contribution < 1.29 is 5.11 Å². The number of hydrogen-bond acceptors (Lipinski definition) is 3. The first-order valence-corrected chi connectivity index (χ1v) is 6.40. The van der Waals surface area contributed by atoms with Gasteiger partial charge in [-0.25, -0.2) is 4.98 Å². The van der Waals surface area contributed by atoms with Crippen molar-refractivity contribution in [2.75, 3.05) is 13.2 Å². The van der Waals surface area contributed by atoms with Gasteiger partial charge in [-0.2, -0.15) is 0 Å². The van der Waals surface area contributed by atoms with Crippen molar-refractivity contribution in [3.63, 3.8) is 0 Å². The fraction of sp³-hybridized carbons (Fsp3) is 0.500. The summed E-state index contributed by atoms with van der Waals surface area (Å²) >= 11 is 0. The molecule has 4 heteroatoms. The van der Waals surface area contributed by atoms with E-state index in [4.69, 9.17) is 5.11 Å². The topological polar surface area (TPSA) is 40.8 Å². The van der Waals surface area contributed by atoms with E-state index in [2.05, 4.69) is 47.3 Å². The van der Waals surface area contributed by atoms with E-state index in [0.717, 1.165) is 17.9 Å². The Bertz CT molecular complexity index is 519. The molecular formula is C14H21N3O. The molecule has 0 spiro atoms. The average molecular weight is 247 g/mol. The maximum atomic E-state index is 9.08. The van der Waals surface area contributed by atoms with Crippen molar-refractivity contribution in [1.82, 2.24) is 14.3 Å². The summed E-state index contributed by atoms with van der Waals surface area (Å²) in [6.45, 7) is 7.99. The molecule has 0 fully saturated rings. The molecule has 1 N–H and O–H groups in total. The molecule has 0 unspecified atom stereocenters. The second-order valence-electron chi connectivity index (χ2n) is 4.94. The molecular weight excluding hydrogens is 226 g/mol. The number of aliphatic hydroxyl groups excluding tert-OH is 1. The van der Waals surface area contributed by atoms with Crippen LogP contribution in [0.2, 0.25) is 0 Å². The lowest BCUT2D eigenvalue weighted by atomic mass is 10.3. The molecule has 0 aliphatic heterocycles. The Morgan fingerprint density at radius 3 is 2.83 bits per heavy atom. The van der Waals surface area contributed by atoms with Gasteiger partial charge in [-0.3, -0.25) is 4.90 Å². The van der Waals surface area contributed by atoms with E-state index in [1.807, 2.05) is 12.3 Å². The van der Waals surface area contributed by atoms with Gasteiger partial charge in [-0.05, 0) is 32.4 Å². The Morgan fingerprint density at radius 2 is 2.22 bits per heavy atom. The maximum absolute atomic E-state index is 9.08. The number of pyridine rings is 1. The van der Waals surface area contributed by atoms with Crippen LogP contribution in [0.5, 0.6) is 0 Å². The Kier molecular flexibility index (Phi) is 3.99. The molecule has 0 bridgehead atoms. The van der Waals surface area contributed by atoms with Crippen molar-refractivity contribution >= 4 is 5.65 Å². The first kappa shape index (κ1) is 13.1. The molecule has 2 aromatic heterocycles. The Morgan fingerprint density at radius 1 is 1.44 bits per heavy atom. The van der Waals surface area contributed by atoms with Gasteiger partial charge in [0, 0.05) is 31.5 Å². The van der Waals surface area contributed by atoms with Crippen LogP contribution in [0.1, 0.15) is 25.1 Å². The lowest BCUT2D eigenvalue weighted by Gasteiger charge is -2.24. The van der Waals surface area contributed by atoms with E-state index in [1.54, 1.807) is 0 Å². The highest BCUT2D eigenvalue weighted by Crippen LogP contribution is 2.12. The first-order chi connectivity index (χ1) is 8.61. The van der Waals surface area contributed by atoms with E-state index < -0.39 is 0 Å². The van der Waals surface area contributed by atoms with Gasteiger partial charge in [0.15, 0.2) is 0 Å². The van der Waals surface area contributed by atoms with Crippen LogP contribution in [0.15, 0.2) is 24.5 Å². The lowest BCUT2D eigenvalue weighted by Crippen LogP contribution is -2.33. The number of imidazole rings is 1. The fourth-order valence-electron chi connectivity index (χ4n) is 2.14. The number of aliphatic hydroxyl groups is 1. The Balaban J connectivity index is 2.23. The molecule has 2 heterocycles. The van der Waals surface area contributed by atoms with E-state index in [9.17, 15) is 0 Å². The summed E-state index contributed by atoms with van der Waals surface area (Å²) in [5.74, 6) is 0. The standard InChI is InChI=1S/C14H21N3O/c1-11(2)16(7-8-18)9-13-10-17-6-4-5-12(3)14(17)15-13/h4-6,10-11,18H,7-9H2,1-3H3. The van der Waals surface area contributed by atoms with Gasteiger partial charge < -0.3 is 9.51 Å². The average Bonchev–Trinajstić information content (AvgIpc) is 2.72. The third-order valence-electron chi connectivity index (χ3n) is 3.21. The first-order valence-electron chi connectivity index (χ1n) is 6.40. The summed E-state index contributed by atoms with van der Waals surface area (Å²) in [4.78, 5) is 6.88. The maximum Gasteiger partial charge on any atom is 0.139 e. The second-order valence-corrected chi connectivity index (χ2v) is 4.94. The van der Waals surface area contributed by atoms with Gasteiger partial charge in [0.2, 0.25) is 0 Å². The summed E-state index contributed by atoms with van der Waals surface area (Å²) in [7, 11) is 0. The van der Waals surface area contributed by atoms with Crippen LogP contribution in [0.25, 0.3) is 5.65 Å². The van der Waals surface area contributed by atoms with Gasteiger partial charge in [0.05, 0.1) is 12.3 Å². The molecule has 2 aromatic rings. The third-order valence-corrected chi connectivity index (χ3v) is 3.21. The van der Waals surface area contributed by atoms with Crippen molar-refractivity contribution in [2.45, 2.75) is 33.4 Å². The van der Waals surface area contributed by atoms with E-state index in [0.29, 0.717) is 12.6 Å². The molecule has 0 amide bonds. The molecule has 0 aliphatic carbocycles. The lowest BCUT2D eigenvalue weighted by molar-refractivity contribution is 0.158. The zero-order valence-electron chi connectivity index (χ0n) is 11.3. The van der Waals surface area contributed by atoms with E-state index in [1.165, 1.54) is 5.56 Å². The van der Waals surface area contributed by atoms with Crippen LogP contribution in [0, 0.1) is 6.92 Å². The molecule has 0 aromatic carbocycles. The van der Waals surface area contributed by atoms with Crippen molar-refractivity contribution in [3.05, 3.63) is 35.8 Å². The fourth-order valence-corrected chi connectivity index (χ4v) is 2.14. The quantitative estimate of drug-likeness (QED) is 0.876. The summed E-state index contributed by atoms with van der Waals surface area (Å²) < 4.78 is 2.06. The molecule has 0 radical (unpaired) electrons. The molecule has 0 saturated carbocycles. The van der Waals surface area contributed by atoms with Gasteiger partial charge in [-0.15, -0.1) is 0 Å². The monoisotopic (exact) mass is 247 g/mol. The number of hydrogen-bond donors (Lipinski definition) is 1. The number of rotatable bonds is 5. The van der Waals surface area contributed by atoms with Gasteiger partial charge in [-0.1, -0.05) is 6.07 Å². The van der Waals surface area contributed by atoms with E-state index >= 15 is 0 Å². The Hall–Kier alpha value is -1.39. The molecule has 4 nitrogen and oxygen atoms in total. The van der Waals surface area contributed by atoms with Crippen LogP contribution in [-0.2, 0) is 6.54 Å². The SMILES string of the molecule is Cc1cccn2cc(CN(CCO)C(C)C)nc12. The number of aromatic nitrogens is 2. The minimum Gasteiger partial charge on any atom is -0.395 e. The zero-order valence-corrected chi connectivity index (χ0v) is 11.3. The smallest absolute Gasteiger partial charge is 0.139 e. The highest BCUT2D eigenvalue weighted by atomic mass is 16.3. The largest absolute Gasteiger partial charge is 0.395 e. The molecule has 18 heavy (non-hydrogen) atoms. The minimum atomic E-state index is 0.185. The molecule has 0 atom stereocenters. The predicted molar refractivity (Wildman–Crippen MR) is 72.6 cm³/mol. The van der Waals surface area contributed by atoms with Crippen molar-refractivity contribution in [3.8, 4) is 0 Å². The van der Waals surface area contributed by atoms with Gasteiger partial charge in [0.1, 0.15) is 5.65 Å². The highest BCUT2D eigenvalue weighted by molar-refractivity contribution is 5.47. The summed E-state index contributed by atoms with van der Waals surface area (Å²) in [6.07, 6.45) is 4.08. The normalized spacial score (nSPS) is 11.9. The minimum absolute atomic E-state index is 0.185. The number of nitrogens with zero attached hydrogens (tertiary/aromatic N) is 3. The number of fused-ring (bicyclic) bond motifs is 1. The predicted octanol–water partition coefficient (Wildman–Crippen LogP) is 1.85. The zero-order chi connectivity index (χ0) is 13.1. The Labute approximate surface area is 108 Å². The van der Waals surface area contributed by atoms with Crippen molar-refractivity contribution in [1.29, 1.82) is 0 Å². The van der Waals surface area contributed by atoms with Crippen LogP contribution in [0.3, 0.4) is 0 Å². The molecule has 0 aliphatic rings. The highest BCUT2D eigenvalue weighted by Gasteiger charge is 2.12. The van der Waals surface area contributed by atoms with Gasteiger partial charge in [0.25, 0.3) is 0 Å². The summed E-state index contributed by atoms with van der Waals surface area (Å²) in [5, 5.41) is 9.08. The third kappa shape index (κ3) is 2.71. The van der Waals surface area contributed by atoms with Gasteiger partial charge >= 0.3 is 0 Å². The van der Waals surface area contributed by atoms with Crippen LogP contribution >= 0.6 is 0 Å². The molecule has 2 rings (SSSR count). The molecule has 0 saturated heterocycles. The summed E-state index contributed by atoms with van der Waals surface area (Å²) in [5.41, 5.74) is 3.24. The van der Waals surface area contributed by atoms with Crippen LogP contribution in [-0.4, -0.2) is 38.6 Å². The van der Waals surface area contributed by atoms with Crippen LogP contribution < -0.4 is 0 Å². The van der Waals surface area contributed by atoms with Crippen LogP contribution in [0.4, 0.5) is 0 Å². The number of aryl methyl sites for hydroxylation is 1. The van der Waals surface area contributed by atoms with E-state index in [-0.39, 0.29) is 6.61 Å².